The Labute approximate surface area is 144 Å². The number of nitrogens with zero attached hydrogens (tertiary/aromatic N) is 1. The minimum Gasteiger partial charge on any atom is -0.497 e. The molecule has 22 heavy (non-hydrogen) atoms. The van der Waals surface area contributed by atoms with Gasteiger partial charge in [-0.3, -0.25) is 5.43 Å². The fraction of sp³-hybridized carbons (Fsp3) is 0.0667. The summed E-state index contributed by atoms with van der Waals surface area (Å²) in [5, 5.41) is 8.40. The van der Waals surface area contributed by atoms with Crippen molar-refractivity contribution in [3.05, 3.63) is 58.1 Å². The molecule has 0 spiro atoms. The van der Waals surface area contributed by atoms with Gasteiger partial charge in [0.2, 0.25) is 0 Å². The van der Waals surface area contributed by atoms with Gasteiger partial charge in [0, 0.05) is 5.69 Å². The monoisotopic (exact) mass is 353 g/mol. The molecule has 0 heterocycles. The molecule has 7 heteroatoms. The first-order valence-electron chi connectivity index (χ1n) is 6.27. The first kappa shape index (κ1) is 16.5. The average molecular weight is 354 g/mol. The molecule has 2 aromatic carbocycles. The molecule has 0 aromatic heterocycles. The summed E-state index contributed by atoms with van der Waals surface area (Å²) in [6, 6.07) is 12.6. The Morgan fingerprint density at radius 2 is 1.86 bits per heavy atom. The normalized spacial score (nSPS) is 10.5. The summed E-state index contributed by atoms with van der Waals surface area (Å²) in [6.45, 7) is 0. The number of hydrogen-bond acceptors (Lipinski definition) is 3. The van der Waals surface area contributed by atoms with Crippen LogP contribution in [0.2, 0.25) is 10.0 Å². The maximum atomic E-state index is 5.92. The van der Waals surface area contributed by atoms with Gasteiger partial charge >= 0.3 is 0 Å². The molecule has 4 nitrogen and oxygen atoms in total. The molecule has 2 rings (SSSR count). The Kier molecular flexibility index (Phi) is 6.00. The third-order valence-electron chi connectivity index (χ3n) is 2.67. The van der Waals surface area contributed by atoms with E-state index in [9.17, 15) is 0 Å². The minimum absolute atomic E-state index is 0.376. The van der Waals surface area contributed by atoms with E-state index in [0.717, 1.165) is 17.0 Å². The molecule has 0 amide bonds. The van der Waals surface area contributed by atoms with E-state index in [1.165, 1.54) is 0 Å². The van der Waals surface area contributed by atoms with Crippen LogP contribution < -0.4 is 15.5 Å². The van der Waals surface area contributed by atoms with Gasteiger partial charge in [0.05, 0.1) is 23.4 Å². The van der Waals surface area contributed by atoms with E-state index in [1.807, 2.05) is 24.3 Å². The molecule has 0 aliphatic heterocycles. The fourth-order valence-electron chi connectivity index (χ4n) is 1.59. The van der Waals surface area contributed by atoms with Crippen LogP contribution in [0, 0.1) is 0 Å². The largest absolute Gasteiger partial charge is 0.497 e. The third-order valence-corrected chi connectivity index (χ3v) is 3.60. The van der Waals surface area contributed by atoms with Crippen molar-refractivity contribution in [3.8, 4) is 5.75 Å². The minimum atomic E-state index is 0.376. The van der Waals surface area contributed by atoms with E-state index in [-0.39, 0.29) is 0 Å². The predicted molar refractivity (Wildman–Crippen MR) is 96.4 cm³/mol. The van der Waals surface area contributed by atoms with Crippen LogP contribution in [0.3, 0.4) is 0 Å². The van der Waals surface area contributed by atoms with Crippen molar-refractivity contribution in [3.63, 3.8) is 0 Å². The van der Waals surface area contributed by atoms with E-state index in [4.69, 9.17) is 40.2 Å². The summed E-state index contributed by atoms with van der Waals surface area (Å²) in [7, 11) is 1.62. The second-order valence-electron chi connectivity index (χ2n) is 4.23. The van der Waals surface area contributed by atoms with Crippen LogP contribution in [0.15, 0.2) is 47.6 Å². The zero-order chi connectivity index (χ0) is 15.9. The Balaban J connectivity index is 1.88. The maximum absolute atomic E-state index is 5.92. The zero-order valence-electron chi connectivity index (χ0n) is 11.6. The van der Waals surface area contributed by atoms with Crippen LogP contribution >= 0.6 is 35.4 Å². The van der Waals surface area contributed by atoms with Gasteiger partial charge in [0.25, 0.3) is 0 Å². The smallest absolute Gasteiger partial charge is 0.191 e. The second-order valence-corrected chi connectivity index (χ2v) is 5.45. The Hall–Kier alpha value is -1.82. The number of methoxy groups -OCH3 is 1. The molecule has 0 atom stereocenters. The lowest BCUT2D eigenvalue weighted by molar-refractivity contribution is 0.415. The molecule has 0 unspecified atom stereocenters. The number of halogens is 2. The number of anilines is 1. The summed E-state index contributed by atoms with van der Waals surface area (Å²) >= 11 is 16.9. The van der Waals surface area contributed by atoms with Gasteiger partial charge in [-0.1, -0.05) is 29.3 Å². The highest BCUT2D eigenvalue weighted by molar-refractivity contribution is 7.80. The van der Waals surface area contributed by atoms with Crippen molar-refractivity contribution in [2.45, 2.75) is 0 Å². The van der Waals surface area contributed by atoms with Gasteiger partial charge in [-0.15, -0.1) is 0 Å². The van der Waals surface area contributed by atoms with Crippen LogP contribution in [0.5, 0.6) is 5.75 Å². The number of benzene rings is 2. The Bertz CT molecular complexity index is 690. The zero-order valence-corrected chi connectivity index (χ0v) is 14.0. The molecule has 0 saturated carbocycles. The topological polar surface area (TPSA) is 45.6 Å². The van der Waals surface area contributed by atoms with E-state index in [0.29, 0.717) is 15.2 Å². The molecule has 0 aliphatic carbocycles. The summed E-state index contributed by atoms with van der Waals surface area (Å²) in [5.74, 6) is 0.780. The molecule has 0 saturated heterocycles. The molecule has 0 aliphatic rings. The van der Waals surface area contributed by atoms with Crippen LogP contribution in [0.4, 0.5) is 5.69 Å². The molecule has 114 valence electrons. The van der Waals surface area contributed by atoms with Crippen molar-refractivity contribution in [1.29, 1.82) is 0 Å². The van der Waals surface area contributed by atoms with Crippen molar-refractivity contribution in [1.82, 2.24) is 5.43 Å². The van der Waals surface area contributed by atoms with Gasteiger partial charge in [0.1, 0.15) is 5.75 Å². The average Bonchev–Trinajstić information content (AvgIpc) is 2.51. The van der Waals surface area contributed by atoms with Gasteiger partial charge in [-0.25, -0.2) is 0 Å². The van der Waals surface area contributed by atoms with Crippen LogP contribution in [-0.2, 0) is 0 Å². The van der Waals surface area contributed by atoms with Crippen molar-refractivity contribution in [2.24, 2.45) is 5.10 Å². The molecule has 0 radical (unpaired) electrons. The number of thiocarbonyl (C=S) groups is 1. The molecule has 0 bridgehead atoms. The molecule has 2 aromatic rings. The lowest BCUT2D eigenvalue weighted by atomic mass is 10.2. The van der Waals surface area contributed by atoms with Crippen LogP contribution in [0.25, 0.3) is 0 Å². The number of ether oxygens (including phenoxy) is 1. The molecular formula is C15H13Cl2N3OS. The molecule has 2 N–H and O–H groups in total. The fourth-order valence-corrected chi connectivity index (χ4v) is 2.07. The Morgan fingerprint density at radius 3 is 2.50 bits per heavy atom. The summed E-state index contributed by atoms with van der Waals surface area (Å²) in [5.41, 5.74) is 4.37. The highest BCUT2D eigenvalue weighted by Crippen LogP contribution is 2.21. The van der Waals surface area contributed by atoms with Crippen molar-refractivity contribution < 1.29 is 4.74 Å². The van der Waals surface area contributed by atoms with E-state index < -0.39 is 0 Å². The maximum Gasteiger partial charge on any atom is 0.191 e. The summed E-state index contributed by atoms with van der Waals surface area (Å²) in [4.78, 5) is 0. The quantitative estimate of drug-likeness (QED) is 0.488. The van der Waals surface area contributed by atoms with Gasteiger partial charge < -0.3 is 10.1 Å². The van der Waals surface area contributed by atoms with Gasteiger partial charge in [-0.2, -0.15) is 5.10 Å². The highest BCUT2D eigenvalue weighted by Gasteiger charge is 1.98. The van der Waals surface area contributed by atoms with Crippen LogP contribution in [0.1, 0.15) is 5.56 Å². The highest BCUT2D eigenvalue weighted by atomic mass is 35.5. The first-order valence-corrected chi connectivity index (χ1v) is 7.44. The number of hydrazone groups is 1. The number of hydrogen-bond donors (Lipinski definition) is 2. The van der Waals surface area contributed by atoms with Crippen molar-refractivity contribution >= 4 is 52.4 Å². The Morgan fingerprint density at radius 1 is 1.14 bits per heavy atom. The van der Waals surface area contributed by atoms with Crippen LogP contribution in [-0.4, -0.2) is 18.4 Å². The van der Waals surface area contributed by atoms with E-state index in [2.05, 4.69) is 15.8 Å². The van der Waals surface area contributed by atoms with Gasteiger partial charge in [-0.05, 0) is 54.2 Å². The summed E-state index contributed by atoms with van der Waals surface area (Å²) < 4.78 is 5.09. The summed E-state index contributed by atoms with van der Waals surface area (Å²) in [6.07, 6.45) is 1.60. The first-order chi connectivity index (χ1) is 10.6. The van der Waals surface area contributed by atoms with E-state index >= 15 is 0 Å². The lowest BCUT2D eigenvalue weighted by Crippen LogP contribution is -2.23. The third kappa shape index (κ3) is 4.87. The molecular weight excluding hydrogens is 341 g/mol. The SMILES string of the molecule is COc1ccc(NC(=S)N/N=C/c2ccc(Cl)c(Cl)c2)cc1. The number of nitrogens with one attached hydrogen (secondary N) is 2. The number of rotatable bonds is 4. The predicted octanol–water partition coefficient (Wildman–Crippen LogP) is 4.32. The molecule has 0 fully saturated rings. The van der Waals surface area contributed by atoms with Gasteiger partial charge in [0.15, 0.2) is 5.11 Å². The second kappa shape index (κ2) is 7.98. The lowest BCUT2D eigenvalue weighted by Gasteiger charge is -2.07. The van der Waals surface area contributed by atoms with Crippen molar-refractivity contribution in [2.75, 3.05) is 12.4 Å². The van der Waals surface area contributed by atoms with E-state index in [1.54, 1.807) is 31.5 Å². The standard InChI is InChI=1S/C15H13Cl2N3OS/c1-21-12-5-3-11(4-6-12)19-15(22)20-18-9-10-2-7-13(16)14(17)8-10/h2-9H,1H3,(H2,19,20,22)/b18-9+.